The van der Waals surface area contributed by atoms with E-state index in [4.69, 9.17) is 5.21 Å². The summed E-state index contributed by atoms with van der Waals surface area (Å²) in [5.41, 5.74) is 4.13. The summed E-state index contributed by atoms with van der Waals surface area (Å²) in [6.45, 7) is 0. The van der Waals surface area contributed by atoms with Gasteiger partial charge in [-0.2, -0.15) is 5.10 Å². The van der Waals surface area contributed by atoms with Gasteiger partial charge in [-0.25, -0.2) is 10.9 Å². The van der Waals surface area contributed by atoms with Crippen molar-refractivity contribution >= 4 is 18.0 Å². The van der Waals surface area contributed by atoms with Crippen molar-refractivity contribution in [3.8, 4) is 17.2 Å². The highest BCUT2D eigenvalue weighted by molar-refractivity contribution is 5.97. The van der Waals surface area contributed by atoms with Crippen molar-refractivity contribution < 1.29 is 30.1 Å². The molecule has 0 unspecified atom stereocenters. The molecule has 6 N–H and O–H groups in total. The zero-order valence-electron chi connectivity index (χ0n) is 12.1. The minimum absolute atomic E-state index is 0.0839. The van der Waals surface area contributed by atoms with Gasteiger partial charge in [-0.05, 0) is 36.4 Å². The van der Waals surface area contributed by atoms with Gasteiger partial charge in [-0.1, -0.05) is 0 Å². The van der Waals surface area contributed by atoms with Crippen molar-refractivity contribution in [1.82, 2.24) is 10.9 Å². The number of nitrogens with zero attached hydrogens (tertiary/aromatic N) is 1. The summed E-state index contributed by atoms with van der Waals surface area (Å²) in [5.74, 6) is -3.04. The SMILES string of the molecule is O=C(NO)c1ccc(C(=O)N/N=C/c2ccc(O)c(O)c2O)cc1. The second kappa shape index (κ2) is 7.11. The minimum Gasteiger partial charge on any atom is -0.504 e. The van der Waals surface area contributed by atoms with Crippen molar-refractivity contribution in [3.63, 3.8) is 0 Å². The lowest BCUT2D eigenvalue weighted by atomic mass is 10.1. The molecule has 0 spiro atoms. The Hall–Kier alpha value is -3.59. The number of amides is 2. The number of phenols is 3. The van der Waals surface area contributed by atoms with Crippen molar-refractivity contribution in [2.45, 2.75) is 0 Å². The molecule has 24 heavy (non-hydrogen) atoms. The lowest BCUT2D eigenvalue weighted by Crippen LogP contribution is -2.20. The molecular formula is C15H13N3O6. The molecular weight excluding hydrogens is 318 g/mol. The molecule has 0 saturated carbocycles. The fraction of sp³-hybridized carbons (Fsp3) is 0. The first-order valence-corrected chi connectivity index (χ1v) is 6.56. The second-order valence-corrected chi connectivity index (χ2v) is 4.59. The zero-order valence-corrected chi connectivity index (χ0v) is 12.1. The summed E-state index contributed by atoms with van der Waals surface area (Å²) in [6.07, 6.45) is 1.08. The van der Waals surface area contributed by atoms with Gasteiger partial charge in [0.25, 0.3) is 11.8 Å². The van der Waals surface area contributed by atoms with Gasteiger partial charge in [-0.15, -0.1) is 0 Å². The first-order chi connectivity index (χ1) is 11.4. The average Bonchev–Trinajstić information content (AvgIpc) is 2.61. The van der Waals surface area contributed by atoms with Gasteiger partial charge in [0.05, 0.1) is 6.21 Å². The normalized spacial score (nSPS) is 10.5. The predicted octanol–water partition coefficient (Wildman–Crippen LogP) is 0.686. The van der Waals surface area contributed by atoms with Gasteiger partial charge in [-0.3, -0.25) is 14.8 Å². The molecule has 0 saturated heterocycles. The van der Waals surface area contributed by atoms with E-state index in [1.54, 1.807) is 0 Å². The van der Waals surface area contributed by atoms with E-state index in [-0.39, 0.29) is 16.7 Å². The van der Waals surface area contributed by atoms with Gasteiger partial charge in [0.2, 0.25) is 5.75 Å². The first kappa shape index (κ1) is 16.8. The molecule has 0 aliphatic carbocycles. The van der Waals surface area contributed by atoms with Crippen LogP contribution in [0.5, 0.6) is 17.2 Å². The minimum atomic E-state index is -0.706. The highest BCUT2D eigenvalue weighted by Gasteiger charge is 2.10. The molecule has 0 atom stereocenters. The quantitative estimate of drug-likeness (QED) is 0.210. The molecule has 0 fully saturated rings. The van der Waals surface area contributed by atoms with E-state index in [0.29, 0.717) is 0 Å². The monoisotopic (exact) mass is 331 g/mol. The average molecular weight is 331 g/mol. The third-order valence-electron chi connectivity index (χ3n) is 3.04. The van der Waals surface area contributed by atoms with Crippen LogP contribution < -0.4 is 10.9 Å². The van der Waals surface area contributed by atoms with E-state index in [1.807, 2.05) is 0 Å². The van der Waals surface area contributed by atoms with Crippen LogP contribution in [0.4, 0.5) is 0 Å². The maximum absolute atomic E-state index is 11.9. The molecule has 0 aliphatic rings. The largest absolute Gasteiger partial charge is 0.504 e. The summed E-state index contributed by atoms with van der Waals surface area (Å²) in [4.78, 5) is 23.0. The van der Waals surface area contributed by atoms with Crippen LogP contribution in [-0.2, 0) is 0 Å². The first-order valence-electron chi connectivity index (χ1n) is 6.56. The lowest BCUT2D eigenvalue weighted by Gasteiger charge is -2.04. The number of rotatable bonds is 4. The van der Waals surface area contributed by atoms with Crippen LogP contribution in [0.2, 0.25) is 0 Å². The highest BCUT2D eigenvalue weighted by Crippen LogP contribution is 2.36. The molecule has 0 heterocycles. The fourth-order valence-electron chi connectivity index (χ4n) is 1.75. The Balaban J connectivity index is 2.05. The van der Waals surface area contributed by atoms with Crippen LogP contribution in [0.15, 0.2) is 41.5 Å². The van der Waals surface area contributed by atoms with E-state index in [0.717, 1.165) is 12.3 Å². The third-order valence-corrected chi connectivity index (χ3v) is 3.04. The second-order valence-electron chi connectivity index (χ2n) is 4.59. The van der Waals surface area contributed by atoms with E-state index < -0.39 is 29.1 Å². The van der Waals surface area contributed by atoms with Gasteiger partial charge in [0.15, 0.2) is 11.5 Å². The molecule has 9 nitrogen and oxygen atoms in total. The van der Waals surface area contributed by atoms with E-state index in [2.05, 4.69) is 10.5 Å². The number of nitrogens with one attached hydrogen (secondary N) is 2. The molecule has 0 aromatic heterocycles. The number of hydrazone groups is 1. The number of hydrogen-bond donors (Lipinski definition) is 6. The number of carbonyl (C=O) groups is 2. The standard InChI is InChI=1S/C15H13N3O6/c19-11-6-5-10(12(20)13(11)21)7-16-17-14(22)8-1-3-9(4-2-8)15(23)18-24/h1-7,19-21,24H,(H,17,22)(H,18,23)/b16-7+. The smallest absolute Gasteiger partial charge is 0.274 e. The van der Waals surface area contributed by atoms with Crippen molar-refractivity contribution in [2.24, 2.45) is 5.10 Å². The summed E-state index contributed by atoms with van der Waals surface area (Å²) < 4.78 is 0. The molecule has 2 rings (SSSR count). The van der Waals surface area contributed by atoms with E-state index >= 15 is 0 Å². The van der Waals surface area contributed by atoms with Crippen molar-refractivity contribution in [2.75, 3.05) is 0 Å². The van der Waals surface area contributed by atoms with Crippen LogP contribution in [0.3, 0.4) is 0 Å². The third kappa shape index (κ3) is 3.59. The number of benzene rings is 2. The van der Waals surface area contributed by atoms with Crippen LogP contribution >= 0.6 is 0 Å². The summed E-state index contributed by atoms with van der Waals surface area (Å²) in [7, 11) is 0. The molecule has 0 bridgehead atoms. The highest BCUT2D eigenvalue weighted by atomic mass is 16.5. The van der Waals surface area contributed by atoms with Crippen molar-refractivity contribution in [3.05, 3.63) is 53.1 Å². The maximum Gasteiger partial charge on any atom is 0.274 e. The van der Waals surface area contributed by atoms with Gasteiger partial charge < -0.3 is 15.3 Å². The Kier molecular flexibility index (Phi) is 4.97. The maximum atomic E-state index is 11.9. The van der Waals surface area contributed by atoms with E-state index in [1.165, 1.54) is 35.8 Å². The number of aromatic hydroxyl groups is 3. The Morgan fingerprint density at radius 1 is 0.875 bits per heavy atom. The molecule has 0 radical (unpaired) electrons. The topological polar surface area (TPSA) is 151 Å². The lowest BCUT2D eigenvalue weighted by molar-refractivity contribution is 0.0706. The van der Waals surface area contributed by atoms with Crippen LogP contribution in [-0.4, -0.2) is 38.6 Å². The Morgan fingerprint density at radius 3 is 2.04 bits per heavy atom. The predicted molar refractivity (Wildman–Crippen MR) is 82.2 cm³/mol. The molecule has 9 heteroatoms. The molecule has 0 aliphatic heterocycles. The fourth-order valence-corrected chi connectivity index (χ4v) is 1.75. The summed E-state index contributed by atoms with van der Waals surface area (Å²) in [5, 5.41) is 40.3. The number of hydrogen-bond acceptors (Lipinski definition) is 7. The van der Waals surface area contributed by atoms with Crippen LogP contribution in [0.1, 0.15) is 26.3 Å². The molecule has 2 aromatic rings. The molecule has 2 amide bonds. The van der Waals surface area contributed by atoms with Gasteiger partial charge in [0, 0.05) is 16.7 Å². The van der Waals surface area contributed by atoms with Gasteiger partial charge >= 0.3 is 0 Å². The number of carbonyl (C=O) groups excluding carboxylic acids is 2. The number of phenolic OH excluding ortho intramolecular Hbond substituents is 3. The Bertz CT molecular complexity index is 802. The molecule has 2 aromatic carbocycles. The van der Waals surface area contributed by atoms with Crippen molar-refractivity contribution in [1.29, 1.82) is 0 Å². The van der Waals surface area contributed by atoms with Gasteiger partial charge in [0.1, 0.15) is 0 Å². The number of hydroxylamine groups is 1. The van der Waals surface area contributed by atoms with Crippen LogP contribution in [0.25, 0.3) is 0 Å². The molecule has 124 valence electrons. The summed E-state index contributed by atoms with van der Waals surface area (Å²) >= 11 is 0. The summed E-state index contributed by atoms with van der Waals surface area (Å²) in [6, 6.07) is 7.85. The van der Waals surface area contributed by atoms with Crippen LogP contribution in [0, 0.1) is 0 Å². The zero-order chi connectivity index (χ0) is 17.7. The Labute approximate surface area is 135 Å². The Morgan fingerprint density at radius 2 is 1.46 bits per heavy atom. The van der Waals surface area contributed by atoms with E-state index in [9.17, 15) is 24.9 Å².